The summed E-state index contributed by atoms with van der Waals surface area (Å²) in [5.41, 5.74) is 5.56. The number of carbonyl (C=O) groups excluding carboxylic acids is 1. The van der Waals surface area contributed by atoms with Crippen molar-refractivity contribution in [1.82, 2.24) is 9.62 Å². The molecule has 8 heteroatoms. The monoisotopic (exact) mass is 301 g/mol. The van der Waals surface area contributed by atoms with Crippen LogP contribution in [0.3, 0.4) is 0 Å². The highest BCUT2D eigenvalue weighted by molar-refractivity contribution is 7.89. The van der Waals surface area contributed by atoms with E-state index in [2.05, 4.69) is 5.32 Å². The molecule has 1 fully saturated rings. The number of rotatable bonds is 3. The lowest BCUT2D eigenvalue weighted by atomic mass is 10.2. The smallest absolute Gasteiger partial charge is 0.246 e. The van der Waals surface area contributed by atoms with Gasteiger partial charge in [-0.1, -0.05) is 6.92 Å². The number of nitrogens with one attached hydrogen (secondary N) is 1. The summed E-state index contributed by atoms with van der Waals surface area (Å²) in [7, 11) is -4.06. The van der Waals surface area contributed by atoms with Crippen LogP contribution in [0.25, 0.3) is 0 Å². The second-order valence-electron chi connectivity index (χ2n) is 4.52. The highest BCUT2D eigenvalue weighted by Gasteiger charge is 2.38. The van der Waals surface area contributed by atoms with Gasteiger partial charge in [0.15, 0.2) is 0 Å². The second-order valence-corrected chi connectivity index (χ2v) is 6.38. The van der Waals surface area contributed by atoms with E-state index < -0.39 is 26.8 Å². The third-order valence-corrected chi connectivity index (χ3v) is 5.15. The number of halogens is 1. The number of nitrogens with two attached hydrogens (primary N) is 1. The van der Waals surface area contributed by atoms with Gasteiger partial charge in [0.2, 0.25) is 15.9 Å². The van der Waals surface area contributed by atoms with Gasteiger partial charge >= 0.3 is 0 Å². The predicted molar refractivity (Wildman–Crippen MR) is 71.8 cm³/mol. The van der Waals surface area contributed by atoms with E-state index in [1.807, 2.05) is 0 Å². The van der Waals surface area contributed by atoms with Crippen molar-refractivity contribution in [3.8, 4) is 0 Å². The van der Waals surface area contributed by atoms with Gasteiger partial charge in [-0.05, 0) is 24.6 Å². The molecule has 20 heavy (non-hydrogen) atoms. The molecule has 1 aliphatic rings. The van der Waals surface area contributed by atoms with Gasteiger partial charge in [0.25, 0.3) is 0 Å². The Morgan fingerprint density at radius 1 is 1.50 bits per heavy atom. The van der Waals surface area contributed by atoms with Gasteiger partial charge < -0.3 is 11.1 Å². The van der Waals surface area contributed by atoms with Crippen LogP contribution in [0.4, 0.5) is 10.1 Å². The molecule has 1 atom stereocenters. The summed E-state index contributed by atoms with van der Waals surface area (Å²) in [4.78, 5) is 11.3. The molecule has 1 aliphatic heterocycles. The summed E-state index contributed by atoms with van der Waals surface area (Å²) in [6.07, 6.45) is 0.321. The van der Waals surface area contributed by atoms with Gasteiger partial charge in [-0.25, -0.2) is 12.8 Å². The van der Waals surface area contributed by atoms with Crippen molar-refractivity contribution < 1.29 is 17.6 Å². The van der Waals surface area contributed by atoms with Crippen LogP contribution in [-0.2, 0) is 14.8 Å². The molecule has 1 amide bonds. The van der Waals surface area contributed by atoms with Crippen molar-refractivity contribution in [3.63, 3.8) is 0 Å². The number of anilines is 1. The zero-order valence-electron chi connectivity index (χ0n) is 11.0. The van der Waals surface area contributed by atoms with Crippen molar-refractivity contribution in [2.75, 3.05) is 18.8 Å². The van der Waals surface area contributed by atoms with Crippen molar-refractivity contribution in [2.24, 2.45) is 0 Å². The Hall–Kier alpha value is -1.67. The first-order chi connectivity index (χ1) is 9.37. The van der Waals surface area contributed by atoms with E-state index in [1.54, 1.807) is 6.92 Å². The number of nitrogens with zero attached hydrogens (tertiary/aromatic N) is 1. The molecule has 1 unspecified atom stereocenters. The fourth-order valence-corrected chi connectivity index (χ4v) is 3.93. The summed E-state index contributed by atoms with van der Waals surface area (Å²) in [6.45, 7) is 2.04. The lowest BCUT2D eigenvalue weighted by Gasteiger charge is -2.33. The highest BCUT2D eigenvalue weighted by Crippen LogP contribution is 2.24. The molecule has 0 aliphatic carbocycles. The lowest BCUT2D eigenvalue weighted by Crippen LogP contribution is -2.56. The van der Waals surface area contributed by atoms with Gasteiger partial charge in [-0.3, -0.25) is 4.79 Å². The lowest BCUT2D eigenvalue weighted by molar-refractivity contribution is -0.126. The third-order valence-electron chi connectivity index (χ3n) is 3.21. The standard InChI is InChI=1S/C12H16FN3O3S/c1-2-10-12(17)15-5-6-16(10)20(18,19)11-4-3-8(14)7-9(11)13/h3-4,7,10H,2,5-6,14H2,1H3,(H,15,17). The minimum absolute atomic E-state index is 0.121. The number of benzene rings is 1. The topological polar surface area (TPSA) is 92.5 Å². The molecule has 6 nitrogen and oxygen atoms in total. The first kappa shape index (κ1) is 14.7. The Kier molecular flexibility index (Phi) is 3.96. The maximum absolute atomic E-state index is 13.8. The highest BCUT2D eigenvalue weighted by atomic mass is 32.2. The molecule has 0 saturated carbocycles. The summed E-state index contributed by atoms with van der Waals surface area (Å²) < 4.78 is 39.9. The van der Waals surface area contributed by atoms with E-state index in [0.29, 0.717) is 6.42 Å². The molecule has 3 N–H and O–H groups in total. The number of hydrogen-bond acceptors (Lipinski definition) is 4. The first-order valence-corrected chi connectivity index (χ1v) is 7.66. The van der Waals surface area contributed by atoms with Crippen LogP contribution in [0, 0.1) is 5.82 Å². The summed E-state index contributed by atoms with van der Waals surface area (Å²) >= 11 is 0. The second kappa shape index (κ2) is 5.37. The van der Waals surface area contributed by atoms with Crippen LogP contribution in [0.5, 0.6) is 0 Å². The average molecular weight is 301 g/mol. The minimum Gasteiger partial charge on any atom is -0.399 e. The van der Waals surface area contributed by atoms with Crippen LogP contribution in [-0.4, -0.2) is 37.8 Å². The van der Waals surface area contributed by atoms with E-state index in [4.69, 9.17) is 5.73 Å². The molecule has 1 aromatic carbocycles. The van der Waals surface area contributed by atoms with E-state index in [9.17, 15) is 17.6 Å². The number of amides is 1. The minimum atomic E-state index is -4.06. The summed E-state index contributed by atoms with van der Waals surface area (Å²) in [5.74, 6) is -1.27. The molecule has 1 heterocycles. The SMILES string of the molecule is CCC1C(=O)NCCN1S(=O)(=O)c1ccc(N)cc1F. The zero-order valence-corrected chi connectivity index (χ0v) is 11.8. The quantitative estimate of drug-likeness (QED) is 0.786. The summed E-state index contributed by atoms with van der Waals surface area (Å²) in [5, 5.41) is 2.60. The fourth-order valence-electron chi connectivity index (χ4n) is 2.22. The number of hydrogen-bond donors (Lipinski definition) is 2. The number of nitrogen functional groups attached to an aromatic ring is 1. The number of piperazine rings is 1. The van der Waals surface area contributed by atoms with Crippen LogP contribution < -0.4 is 11.1 Å². The Labute approximate surface area is 116 Å². The van der Waals surface area contributed by atoms with Crippen molar-refractivity contribution in [3.05, 3.63) is 24.0 Å². The molecule has 0 bridgehead atoms. The molecule has 1 aromatic rings. The normalized spacial score (nSPS) is 20.7. The van der Waals surface area contributed by atoms with Crippen LogP contribution in [0.1, 0.15) is 13.3 Å². The molecule has 110 valence electrons. The van der Waals surface area contributed by atoms with E-state index in [-0.39, 0.29) is 24.7 Å². The Bertz CT molecular complexity index is 633. The molecule has 1 saturated heterocycles. The molecule has 0 radical (unpaired) electrons. The number of sulfonamides is 1. The fraction of sp³-hybridized carbons (Fsp3) is 0.417. The average Bonchev–Trinajstić information content (AvgIpc) is 2.37. The van der Waals surface area contributed by atoms with Crippen molar-refractivity contribution in [2.45, 2.75) is 24.3 Å². The molecular weight excluding hydrogens is 285 g/mol. The number of carbonyl (C=O) groups is 1. The maximum Gasteiger partial charge on any atom is 0.246 e. The van der Waals surface area contributed by atoms with E-state index in [0.717, 1.165) is 16.4 Å². The zero-order chi connectivity index (χ0) is 14.9. The Balaban J connectivity index is 2.45. The molecule has 0 spiro atoms. The van der Waals surface area contributed by atoms with E-state index in [1.165, 1.54) is 6.07 Å². The van der Waals surface area contributed by atoms with Crippen LogP contribution in [0.15, 0.2) is 23.1 Å². The van der Waals surface area contributed by atoms with Crippen LogP contribution >= 0.6 is 0 Å². The van der Waals surface area contributed by atoms with Gasteiger partial charge in [0.05, 0.1) is 0 Å². The third kappa shape index (κ3) is 2.48. The van der Waals surface area contributed by atoms with Gasteiger partial charge in [-0.15, -0.1) is 0 Å². The predicted octanol–water partition coefficient (Wildman–Crippen LogP) is 0.307. The summed E-state index contributed by atoms with van der Waals surface area (Å²) in [6, 6.07) is 2.59. The van der Waals surface area contributed by atoms with Crippen molar-refractivity contribution in [1.29, 1.82) is 0 Å². The van der Waals surface area contributed by atoms with Gasteiger partial charge in [-0.2, -0.15) is 4.31 Å². The molecule has 2 rings (SSSR count). The maximum atomic E-state index is 13.8. The van der Waals surface area contributed by atoms with Crippen LogP contribution in [0.2, 0.25) is 0 Å². The van der Waals surface area contributed by atoms with Gasteiger partial charge in [0.1, 0.15) is 16.8 Å². The largest absolute Gasteiger partial charge is 0.399 e. The Morgan fingerprint density at radius 3 is 2.80 bits per heavy atom. The molecule has 0 aromatic heterocycles. The van der Waals surface area contributed by atoms with Gasteiger partial charge in [0, 0.05) is 18.8 Å². The molecular formula is C12H16FN3O3S. The van der Waals surface area contributed by atoms with E-state index >= 15 is 0 Å². The Morgan fingerprint density at radius 2 is 2.20 bits per heavy atom. The van der Waals surface area contributed by atoms with Crippen molar-refractivity contribution >= 4 is 21.6 Å². The first-order valence-electron chi connectivity index (χ1n) is 6.22.